The normalized spacial score (nSPS) is 21.6. The van der Waals surface area contributed by atoms with Crippen LogP contribution < -0.4 is 5.32 Å². The van der Waals surface area contributed by atoms with Crippen LogP contribution in [0.5, 0.6) is 0 Å². The monoisotopic (exact) mass is 163 g/mol. The van der Waals surface area contributed by atoms with E-state index in [0.717, 1.165) is 0 Å². The van der Waals surface area contributed by atoms with Crippen molar-refractivity contribution in [2.24, 2.45) is 0 Å². The third kappa shape index (κ3) is 1.35. The summed E-state index contributed by atoms with van der Waals surface area (Å²) < 4.78 is 0. The number of hydrogen-bond donors (Lipinski definition) is 1. The van der Waals surface area contributed by atoms with Crippen LogP contribution in [0.3, 0.4) is 0 Å². The van der Waals surface area contributed by atoms with Crippen molar-refractivity contribution in [2.45, 2.75) is 6.04 Å². The van der Waals surface area contributed by atoms with E-state index in [9.17, 15) is 0 Å². The second-order valence-corrected chi connectivity index (χ2v) is 3.38. The molecule has 1 atom stereocenters. The number of thiophene rings is 1. The van der Waals surface area contributed by atoms with Gasteiger partial charge in [0, 0.05) is 4.88 Å². The molecule has 56 valence electrons. The molecule has 2 heteroatoms. The van der Waals surface area contributed by atoms with E-state index in [-0.39, 0.29) is 0 Å². The van der Waals surface area contributed by atoms with Crippen LogP contribution >= 0.6 is 11.3 Å². The van der Waals surface area contributed by atoms with Crippen molar-refractivity contribution in [2.75, 3.05) is 0 Å². The first kappa shape index (κ1) is 6.68. The SMILES string of the molecule is C1=CNC(c2cccs2)C=C1. The van der Waals surface area contributed by atoms with Crippen LogP contribution in [0.2, 0.25) is 0 Å². The smallest absolute Gasteiger partial charge is 0.0788 e. The molecule has 0 spiro atoms. The molecule has 0 radical (unpaired) electrons. The van der Waals surface area contributed by atoms with Crippen molar-refractivity contribution in [3.8, 4) is 0 Å². The summed E-state index contributed by atoms with van der Waals surface area (Å²) in [5.74, 6) is 0. The Kier molecular flexibility index (Phi) is 1.78. The lowest BCUT2D eigenvalue weighted by Gasteiger charge is -2.12. The molecule has 11 heavy (non-hydrogen) atoms. The Bertz CT molecular complexity index is 272. The first-order valence-electron chi connectivity index (χ1n) is 3.59. The van der Waals surface area contributed by atoms with E-state index in [2.05, 4.69) is 35.0 Å². The number of rotatable bonds is 1. The van der Waals surface area contributed by atoms with Gasteiger partial charge < -0.3 is 5.32 Å². The van der Waals surface area contributed by atoms with Crippen LogP contribution in [-0.2, 0) is 0 Å². The number of dihydropyridines is 1. The Morgan fingerprint density at radius 3 is 3.00 bits per heavy atom. The molecule has 1 aliphatic heterocycles. The predicted octanol–water partition coefficient (Wildman–Crippen LogP) is 2.46. The van der Waals surface area contributed by atoms with Crippen molar-refractivity contribution in [1.82, 2.24) is 5.32 Å². The van der Waals surface area contributed by atoms with Crippen LogP contribution in [0.1, 0.15) is 10.9 Å². The van der Waals surface area contributed by atoms with Crippen molar-refractivity contribution in [3.05, 3.63) is 46.8 Å². The Balaban J connectivity index is 2.19. The summed E-state index contributed by atoms with van der Waals surface area (Å²) in [6.45, 7) is 0. The first-order chi connectivity index (χ1) is 5.47. The molecule has 1 nitrogen and oxygen atoms in total. The Hall–Kier alpha value is -1.02. The average Bonchev–Trinajstić information content (AvgIpc) is 2.58. The maximum absolute atomic E-state index is 3.26. The summed E-state index contributed by atoms with van der Waals surface area (Å²) in [7, 11) is 0. The van der Waals surface area contributed by atoms with Gasteiger partial charge in [-0.25, -0.2) is 0 Å². The summed E-state index contributed by atoms with van der Waals surface area (Å²) in [6, 6.07) is 4.61. The van der Waals surface area contributed by atoms with Gasteiger partial charge in [0.2, 0.25) is 0 Å². The Morgan fingerprint density at radius 1 is 1.36 bits per heavy atom. The number of nitrogens with one attached hydrogen (secondary N) is 1. The van der Waals surface area contributed by atoms with Crippen molar-refractivity contribution < 1.29 is 0 Å². The highest BCUT2D eigenvalue weighted by Gasteiger charge is 2.06. The minimum Gasteiger partial charge on any atom is -0.380 e. The van der Waals surface area contributed by atoms with Crippen LogP contribution in [0.4, 0.5) is 0 Å². The minimum atomic E-state index is 0.389. The minimum absolute atomic E-state index is 0.389. The van der Waals surface area contributed by atoms with E-state index in [1.54, 1.807) is 11.3 Å². The molecule has 0 aliphatic carbocycles. The fourth-order valence-electron chi connectivity index (χ4n) is 1.09. The molecule has 1 aromatic heterocycles. The van der Waals surface area contributed by atoms with Gasteiger partial charge in [0.25, 0.3) is 0 Å². The molecule has 1 aliphatic rings. The third-order valence-electron chi connectivity index (χ3n) is 1.64. The van der Waals surface area contributed by atoms with Crippen molar-refractivity contribution in [1.29, 1.82) is 0 Å². The zero-order chi connectivity index (χ0) is 7.52. The second-order valence-electron chi connectivity index (χ2n) is 2.40. The molecule has 0 fully saturated rings. The van der Waals surface area contributed by atoms with Gasteiger partial charge in [0.1, 0.15) is 0 Å². The maximum Gasteiger partial charge on any atom is 0.0788 e. The second kappa shape index (κ2) is 2.93. The number of allylic oxidation sites excluding steroid dienone is 2. The van der Waals surface area contributed by atoms with Crippen molar-refractivity contribution in [3.63, 3.8) is 0 Å². The molecule has 0 aromatic carbocycles. The summed E-state index contributed by atoms with van der Waals surface area (Å²) in [6.07, 6.45) is 8.21. The fourth-order valence-corrected chi connectivity index (χ4v) is 1.86. The molecule has 0 bridgehead atoms. The molecule has 1 N–H and O–H groups in total. The Labute approximate surface area is 70.1 Å². The highest BCUT2D eigenvalue weighted by Crippen LogP contribution is 2.21. The van der Waals surface area contributed by atoms with Gasteiger partial charge in [-0.2, -0.15) is 0 Å². The lowest BCUT2D eigenvalue weighted by atomic mass is 10.2. The molecule has 1 aromatic rings. The summed E-state index contributed by atoms with van der Waals surface area (Å²) in [4.78, 5) is 1.37. The zero-order valence-corrected chi connectivity index (χ0v) is 6.84. The Morgan fingerprint density at radius 2 is 2.36 bits per heavy atom. The fraction of sp³-hybridized carbons (Fsp3) is 0.111. The van der Waals surface area contributed by atoms with E-state index in [1.165, 1.54) is 4.88 Å². The molecule has 1 unspecified atom stereocenters. The van der Waals surface area contributed by atoms with Gasteiger partial charge in [0.15, 0.2) is 0 Å². The van der Waals surface area contributed by atoms with Crippen LogP contribution in [0, 0.1) is 0 Å². The molecule has 0 saturated heterocycles. The summed E-state index contributed by atoms with van der Waals surface area (Å²) >= 11 is 1.78. The van der Waals surface area contributed by atoms with Gasteiger partial charge >= 0.3 is 0 Å². The molecular formula is C9H9NS. The maximum atomic E-state index is 3.26. The lowest BCUT2D eigenvalue weighted by Crippen LogP contribution is -2.13. The van der Waals surface area contributed by atoms with Crippen molar-refractivity contribution >= 4 is 11.3 Å². The van der Waals surface area contributed by atoms with Crippen LogP contribution in [0.15, 0.2) is 41.9 Å². The largest absolute Gasteiger partial charge is 0.380 e. The number of hydrogen-bond acceptors (Lipinski definition) is 2. The average molecular weight is 163 g/mol. The van der Waals surface area contributed by atoms with E-state index in [1.807, 2.05) is 12.3 Å². The summed E-state index contributed by atoms with van der Waals surface area (Å²) in [5, 5.41) is 5.36. The third-order valence-corrected chi connectivity index (χ3v) is 2.59. The van der Waals surface area contributed by atoms with Crippen LogP contribution in [-0.4, -0.2) is 0 Å². The topological polar surface area (TPSA) is 12.0 Å². The van der Waals surface area contributed by atoms with Gasteiger partial charge in [0.05, 0.1) is 6.04 Å². The predicted molar refractivity (Wildman–Crippen MR) is 48.5 cm³/mol. The van der Waals surface area contributed by atoms with E-state index in [4.69, 9.17) is 0 Å². The standard InChI is InChI=1S/C9H9NS/c1-2-6-10-8(4-1)9-5-3-7-11-9/h1-8,10H. The summed E-state index contributed by atoms with van der Waals surface area (Å²) in [5.41, 5.74) is 0. The lowest BCUT2D eigenvalue weighted by molar-refractivity contribution is 0.761. The zero-order valence-electron chi connectivity index (χ0n) is 6.03. The molecular weight excluding hydrogens is 154 g/mol. The molecule has 0 saturated carbocycles. The molecule has 2 rings (SSSR count). The van der Waals surface area contributed by atoms with Crippen LogP contribution in [0.25, 0.3) is 0 Å². The van der Waals surface area contributed by atoms with Gasteiger partial charge in [-0.15, -0.1) is 11.3 Å². The molecule has 2 heterocycles. The molecule has 0 amide bonds. The highest BCUT2D eigenvalue weighted by atomic mass is 32.1. The quantitative estimate of drug-likeness (QED) is 0.670. The van der Waals surface area contributed by atoms with E-state index in [0.29, 0.717) is 6.04 Å². The van der Waals surface area contributed by atoms with Gasteiger partial charge in [-0.1, -0.05) is 18.2 Å². The first-order valence-corrected chi connectivity index (χ1v) is 4.47. The van der Waals surface area contributed by atoms with Gasteiger partial charge in [-0.05, 0) is 23.7 Å². The van der Waals surface area contributed by atoms with E-state index < -0.39 is 0 Å². The van der Waals surface area contributed by atoms with Gasteiger partial charge in [-0.3, -0.25) is 0 Å². The van der Waals surface area contributed by atoms with E-state index >= 15 is 0 Å². The highest BCUT2D eigenvalue weighted by molar-refractivity contribution is 7.10.